The molecule has 1 saturated heterocycles. The molecule has 0 aromatic heterocycles. The molecule has 34 heavy (non-hydrogen) atoms. The summed E-state index contributed by atoms with van der Waals surface area (Å²) in [5.74, 6) is -3.97. The molecular weight excluding hydrogens is 472 g/mol. The lowest BCUT2D eigenvalue weighted by Gasteiger charge is -2.35. The van der Waals surface area contributed by atoms with Crippen LogP contribution < -0.4 is 10.6 Å². The van der Waals surface area contributed by atoms with E-state index < -0.39 is 58.6 Å². The lowest BCUT2D eigenvalue weighted by atomic mass is 9.86. The zero-order valence-corrected chi connectivity index (χ0v) is 20.2. The third-order valence-corrected chi connectivity index (χ3v) is 5.92. The molecule has 0 aromatic carbocycles. The van der Waals surface area contributed by atoms with Crippen LogP contribution in [0.2, 0.25) is 0 Å². The average molecular weight is 503 g/mol. The number of cyclic esters (lactones) is 2. The highest BCUT2D eigenvalue weighted by atomic mass is 32.2. The fraction of sp³-hybridized carbons (Fsp3) is 0.667. The van der Waals surface area contributed by atoms with Gasteiger partial charge in [-0.25, -0.2) is 4.79 Å². The number of aliphatic carboxylic acids is 1. The first-order chi connectivity index (χ1) is 15.8. The summed E-state index contributed by atoms with van der Waals surface area (Å²) in [7, 11) is 0. The molecule has 2 atom stereocenters. The number of hydrogen-bond donors (Lipinski definition) is 3. The lowest BCUT2D eigenvalue weighted by molar-refractivity contribution is -0.149. The zero-order chi connectivity index (χ0) is 25.9. The number of carbonyl (C=O) groups excluding carboxylic acids is 6. The number of rotatable bonds is 14. The van der Waals surface area contributed by atoms with Crippen molar-refractivity contribution in [3.8, 4) is 0 Å². The molecule has 0 bridgehead atoms. The number of hydrogen-bond acceptors (Lipinski definition) is 10. The Morgan fingerprint density at radius 3 is 2.41 bits per heavy atom. The Kier molecular flexibility index (Phi) is 11.7. The fourth-order valence-electron chi connectivity index (χ4n) is 2.78. The quantitative estimate of drug-likeness (QED) is 0.170. The number of ketones is 2. The average Bonchev–Trinajstić information content (AvgIpc) is 2.76. The van der Waals surface area contributed by atoms with Gasteiger partial charge in [-0.2, -0.15) is 0 Å². The van der Waals surface area contributed by atoms with Gasteiger partial charge in [0.05, 0.1) is 18.8 Å². The number of carboxylic acids is 1. The van der Waals surface area contributed by atoms with Crippen molar-refractivity contribution in [1.29, 1.82) is 0 Å². The van der Waals surface area contributed by atoms with E-state index in [-0.39, 0.29) is 50.6 Å². The van der Waals surface area contributed by atoms with Crippen LogP contribution >= 0.6 is 11.8 Å². The predicted octanol–water partition coefficient (Wildman–Crippen LogP) is 0.460. The van der Waals surface area contributed by atoms with E-state index in [1.807, 2.05) is 0 Å². The second-order valence-corrected chi connectivity index (χ2v) is 9.48. The van der Waals surface area contributed by atoms with E-state index in [9.17, 15) is 33.6 Å². The summed E-state index contributed by atoms with van der Waals surface area (Å²) >= 11 is 0.838. The van der Waals surface area contributed by atoms with Crippen LogP contribution in [0.25, 0.3) is 0 Å². The van der Waals surface area contributed by atoms with Crippen molar-refractivity contribution in [2.45, 2.75) is 52.6 Å². The minimum absolute atomic E-state index is 0.0170. The maximum atomic E-state index is 12.2. The third-order valence-electron chi connectivity index (χ3n) is 4.87. The Labute approximate surface area is 200 Å². The molecule has 12 nitrogen and oxygen atoms in total. The van der Waals surface area contributed by atoms with Crippen molar-refractivity contribution >= 4 is 52.4 Å². The normalized spacial score (nSPS) is 17.5. The van der Waals surface area contributed by atoms with Gasteiger partial charge in [-0.3, -0.25) is 28.8 Å². The SMILES string of the molecule is CC(C(=O)CC(=O)CCC(=O)O)C(=O)SCCNC(=O)CCNC(=O)[C@@H]1OC(=O)OCC1(C)C. The second kappa shape index (κ2) is 13.7. The Hall–Kier alpha value is -2.96. The Morgan fingerprint density at radius 1 is 1.09 bits per heavy atom. The van der Waals surface area contributed by atoms with Gasteiger partial charge >= 0.3 is 12.1 Å². The van der Waals surface area contributed by atoms with Crippen molar-refractivity contribution in [3.05, 3.63) is 0 Å². The van der Waals surface area contributed by atoms with Crippen LogP contribution in [-0.2, 0) is 38.2 Å². The first kappa shape index (κ1) is 29.1. The van der Waals surface area contributed by atoms with E-state index in [2.05, 4.69) is 10.6 Å². The predicted molar refractivity (Wildman–Crippen MR) is 119 cm³/mol. The van der Waals surface area contributed by atoms with E-state index >= 15 is 0 Å². The van der Waals surface area contributed by atoms with E-state index in [4.69, 9.17) is 14.6 Å². The van der Waals surface area contributed by atoms with Crippen LogP contribution in [0.4, 0.5) is 4.79 Å². The number of nitrogens with one attached hydrogen (secondary N) is 2. The van der Waals surface area contributed by atoms with Crippen molar-refractivity contribution in [3.63, 3.8) is 0 Å². The zero-order valence-electron chi connectivity index (χ0n) is 19.3. The molecule has 0 spiro atoms. The summed E-state index contributed by atoms with van der Waals surface area (Å²) in [6.07, 6.45) is -3.11. The summed E-state index contributed by atoms with van der Waals surface area (Å²) in [6.45, 7) is 4.99. The maximum absolute atomic E-state index is 12.2. The van der Waals surface area contributed by atoms with Gasteiger partial charge in [0.25, 0.3) is 5.91 Å². The number of amides is 2. The van der Waals surface area contributed by atoms with Gasteiger partial charge in [0.15, 0.2) is 17.0 Å². The first-order valence-electron chi connectivity index (χ1n) is 10.6. The molecule has 13 heteroatoms. The summed E-state index contributed by atoms with van der Waals surface area (Å²) in [4.78, 5) is 81.5. The molecule has 3 N–H and O–H groups in total. The van der Waals surface area contributed by atoms with Crippen molar-refractivity contribution in [1.82, 2.24) is 10.6 Å². The van der Waals surface area contributed by atoms with Gasteiger partial charge in [0.1, 0.15) is 12.4 Å². The highest BCUT2D eigenvalue weighted by Gasteiger charge is 2.43. The fourth-order valence-corrected chi connectivity index (χ4v) is 3.57. The van der Waals surface area contributed by atoms with Crippen LogP contribution in [0.1, 0.15) is 46.5 Å². The Bertz CT molecular complexity index is 826. The standard InChI is InChI=1S/C21H30N2O10S/c1-12(14(25)10-13(24)4-5-16(27)28)19(30)34-9-8-22-15(26)6-7-23-18(29)17-21(2,3)11-32-20(31)33-17/h12,17H,4-11H2,1-3H3,(H,22,26)(H,23,29)(H,27,28)/t12?,17-/m0/s1. The molecule has 0 aliphatic carbocycles. The van der Waals surface area contributed by atoms with Gasteiger partial charge in [0, 0.05) is 37.1 Å². The van der Waals surface area contributed by atoms with Gasteiger partial charge in [0.2, 0.25) is 5.91 Å². The Balaban J connectivity index is 2.24. The van der Waals surface area contributed by atoms with Crippen LogP contribution in [0.15, 0.2) is 0 Å². The van der Waals surface area contributed by atoms with E-state index in [0.717, 1.165) is 11.8 Å². The highest BCUT2D eigenvalue weighted by molar-refractivity contribution is 8.13. The largest absolute Gasteiger partial charge is 0.509 e. The summed E-state index contributed by atoms with van der Waals surface area (Å²) in [6, 6.07) is 0. The van der Waals surface area contributed by atoms with Gasteiger partial charge < -0.3 is 25.2 Å². The van der Waals surface area contributed by atoms with Gasteiger partial charge in [-0.05, 0) is 6.92 Å². The molecule has 0 saturated carbocycles. The molecule has 0 aromatic rings. The molecular formula is C21H30N2O10S. The minimum atomic E-state index is -1.14. The topological polar surface area (TPSA) is 182 Å². The number of thioether (sulfide) groups is 1. The number of carbonyl (C=O) groups is 7. The van der Waals surface area contributed by atoms with Crippen LogP contribution in [0.3, 0.4) is 0 Å². The monoisotopic (exact) mass is 502 g/mol. The van der Waals surface area contributed by atoms with Crippen LogP contribution in [0, 0.1) is 11.3 Å². The van der Waals surface area contributed by atoms with Crippen molar-refractivity contribution in [2.75, 3.05) is 25.4 Å². The lowest BCUT2D eigenvalue weighted by Crippen LogP contribution is -2.52. The minimum Gasteiger partial charge on any atom is -0.481 e. The summed E-state index contributed by atoms with van der Waals surface area (Å²) < 4.78 is 9.69. The number of ether oxygens (including phenoxy) is 2. The second-order valence-electron chi connectivity index (χ2n) is 8.38. The van der Waals surface area contributed by atoms with Crippen LogP contribution in [-0.4, -0.2) is 77.3 Å². The summed E-state index contributed by atoms with van der Waals surface area (Å²) in [5.41, 5.74) is -0.714. The van der Waals surface area contributed by atoms with Crippen LogP contribution in [0.5, 0.6) is 0 Å². The molecule has 0 radical (unpaired) electrons. The molecule has 1 aliphatic rings. The van der Waals surface area contributed by atoms with Crippen molar-refractivity contribution in [2.24, 2.45) is 11.3 Å². The summed E-state index contributed by atoms with van der Waals surface area (Å²) in [5, 5.41) is 13.2. The van der Waals surface area contributed by atoms with E-state index in [1.54, 1.807) is 13.8 Å². The van der Waals surface area contributed by atoms with E-state index in [0.29, 0.717) is 0 Å². The maximum Gasteiger partial charge on any atom is 0.509 e. The molecule has 1 aliphatic heterocycles. The van der Waals surface area contributed by atoms with E-state index in [1.165, 1.54) is 6.92 Å². The first-order valence-corrected chi connectivity index (χ1v) is 11.6. The number of carboxylic acid groups (broad SMARTS) is 1. The molecule has 2 amide bonds. The number of Topliss-reactive ketones (excluding diaryl/α,β-unsaturated/α-hetero) is 2. The Morgan fingerprint density at radius 2 is 1.76 bits per heavy atom. The molecule has 1 rings (SSSR count). The molecule has 1 fully saturated rings. The van der Waals surface area contributed by atoms with Gasteiger partial charge in [-0.1, -0.05) is 25.6 Å². The molecule has 1 heterocycles. The van der Waals surface area contributed by atoms with Crippen molar-refractivity contribution < 1.29 is 48.1 Å². The molecule has 190 valence electrons. The van der Waals surface area contributed by atoms with Gasteiger partial charge in [-0.15, -0.1) is 0 Å². The highest BCUT2D eigenvalue weighted by Crippen LogP contribution is 2.28. The smallest absolute Gasteiger partial charge is 0.481 e. The molecule has 1 unspecified atom stereocenters. The third kappa shape index (κ3) is 10.3.